The highest BCUT2D eigenvalue weighted by atomic mass is 16.1. The molecule has 22 heavy (non-hydrogen) atoms. The molecular weight excluding hydrogens is 272 g/mol. The number of carbonyl (C=O) groups is 1. The Morgan fingerprint density at radius 3 is 2.36 bits per heavy atom. The Labute approximate surface area is 133 Å². The van der Waals surface area contributed by atoms with Crippen LogP contribution in [0.15, 0.2) is 24.3 Å². The van der Waals surface area contributed by atoms with Gasteiger partial charge in [-0.3, -0.25) is 4.79 Å². The predicted molar refractivity (Wildman–Crippen MR) is 92.0 cm³/mol. The molecule has 1 aromatic carbocycles. The van der Waals surface area contributed by atoms with Gasteiger partial charge in [-0.25, -0.2) is 0 Å². The summed E-state index contributed by atoms with van der Waals surface area (Å²) < 4.78 is 0. The van der Waals surface area contributed by atoms with Gasteiger partial charge in [-0.1, -0.05) is 19.8 Å². The highest BCUT2D eigenvalue weighted by Crippen LogP contribution is 2.38. The zero-order valence-electron chi connectivity index (χ0n) is 13.6. The van der Waals surface area contributed by atoms with Gasteiger partial charge in [0.25, 0.3) is 0 Å². The minimum absolute atomic E-state index is 0.145. The molecule has 1 atom stereocenters. The van der Waals surface area contributed by atoms with E-state index in [0.717, 1.165) is 29.8 Å². The van der Waals surface area contributed by atoms with Crippen LogP contribution in [-0.4, -0.2) is 12.5 Å². The van der Waals surface area contributed by atoms with E-state index in [2.05, 4.69) is 29.7 Å². The van der Waals surface area contributed by atoms with Crippen molar-refractivity contribution in [3.63, 3.8) is 0 Å². The second-order valence-corrected chi connectivity index (χ2v) is 7.18. The van der Waals surface area contributed by atoms with Gasteiger partial charge in [-0.15, -0.1) is 0 Å². The molecule has 0 bridgehead atoms. The predicted octanol–water partition coefficient (Wildman–Crippen LogP) is 4.66. The summed E-state index contributed by atoms with van der Waals surface area (Å²) in [6.07, 6.45) is 8.74. The molecule has 1 amide bonds. The second-order valence-electron chi connectivity index (χ2n) is 7.18. The number of anilines is 2. The van der Waals surface area contributed by atoms with Crippen molar-refractivity contribution in [2.75, 3.05) is 17.2 Å². The van der Waals surface area contributed by atoms with Crippen molar-refractivity contribution in [1.82, 2.24) is 0 Å². The van der Waals surface area contributed by atoms with Gasteiger partial charge in [0, 0.05) is 24.3 Å². The maximum Gasteiger partial charge on any atom is 0.224 e. The van der Waals surface area contributed by atoms with E-state index < -0.39 is 0 Å². The summed E-state index contributed by atoms with van der Waals surface area (Å²) in [5.41, 5.74) is 2.05. The van der Waals surface area contributed by atoms with Gasteiger partial charge in [-0.2, -0.15) is 0 Å². The Balaban J connectivity index is 1.42. The van der Waals surface area contributed by atoms with E-state index in [-0.39, 0.29) is 5.91 Å². The highest BCUT2D eigenvalue weighted by molar-refractivity contribution is 5.91. The minimum Gasteiger partial charge on any atom is -0.385 e. The summed E-state index contributed by atoms with van der Waals surface area (Å²) >= 11 is 0. The molecule has 2 saturated carbocycles. The van der Waals surface area contributed by atoms with Crippen LogP contribution in [0.5, 0.6) is 0 Å². The van der Waals surface area contributed by atoms with Crippen molar-refractivity contribution >= 4 is 17.3 Å². The molecule has 2 fully saturated rings. The van der Waals surface area contributed by atoms with Crippen LogP contribution in [0, 0.1) is 17.8 Å². The van der Waals surface area contributed by atoms with E-state index >= 15 is 0 Å². The first-order chi connectivity index (χ1) is 10.7. The number of carbonyl (C=O) groups excluding carboxylic acids is 1. The monoisotopic (exact) mass is 300 g/mol. The maximum atomic E-state index is 12.0. The summed E-state index contributed by atoms with van der Waals surface area (Å²) in [6, 6.07) is 8.12. The van der Waals surface area contributed by atoms with Gasteiger partial charge >= 0.3 is 0 Å². The lowest BCUT2D eigenvalue weighted by Crippen LogP contribution is -2.16. The summed E-state index contributed by atoms with van der Waals surface area (Å²) in [4.78, 5) is 12.0. The lowest BCUT2D eigenvalue weighted by Gasteiger charge is -2.13. The second kappa shape index (κ2) is 7.17. The lowest BCUT2D eigenvalue weighted by atomic mass is 10.0. The molecule has 0 saturated heterocycles. The molecule has 0 spiro atoms. The minimum atomic E-state index is 0.145. The van der Waals surface area contributed by atoms with Gasteiger partial charge in [0.15, 0.2) is 0 Å². The van der Waals surface area contributed by atoms with E-state index in [0.29, 0.717) is 12.3 Å². The number of nitrogens with one attached hydrogen (secondary N) is 2. The Morgan fingerprint density at radius 1 is 1.09 bits per heavy atom. The summed E-state index contributed by atoms with van der Waals surface area (Å²) in [6.45, 7) is 3.26. The first-order valence-corrected chi connectivity index (χ1v) is 8.84. The fraction of sp³-hybridized carbons (Fsp3) is 0.632. The summed E-state index contributed by atoms with van der Waals surface area (Å²) in [5.74, 6) is 2.29. The van der Waals surface area contributed by atoms with Crippen molar-refractivity contribution in [3.05, 3.63) is 24.3 Å². The third-order valence-electron chi connectivity index (χ3n) is 5.17. The fourth-order valence-electron chi connectivity index (χ4n) is 3.48. The van der Waals surface area contributed by atoms with E-state index in [1.54, 1.807) is 0 Å². The van der Waals surface area contributed by atoms with Gasteiger partial charge in [0.1, 0.15) is 0 Å². The van der Waals surface area contributed by atoms with Gasteiger partial charge in [0.05, 0.1) is 0 Å². The Hall–Kier alpha value is -1.51. The van der Waals surface area contributed by atoms with Crippen LogP contribution >= 0.6 is 0 Å². The molecule has 0 aromatic heterocycles. The smallest absolute Gasteiger partial charge is 0.224 e. The molecule has 0 radical (unpaired) electrons. The third-order valence-corrected chi connectivity index (χ3v) is 5.17. The Bertz CT molecular complexity index is 487. The van der Waals surface area contributed by atoms with E-state index in [4.69, 9.17) is 0 Å². The molecule has 2 N–H and O–H groups in total. The van der Waals surface area contributed by atoms with Crippen molar-refractivity contribution < 1.29 is 4.79 Å². The standard InChI is InChI=1S/C19H28N2O/c1-14(16-6-7-16)12-19(22)21-18-10-8-17(9-11-18)20-13-15-4-2-3-5-15/h8-11,14-16,20H,2-7,12-13H2,1H3,(H,21,22). The molecule has 3 nitrogen and oxygen atoms in total. The number of rotatable bonds is 7. The molecule has 2 aliphatic carbocycles. The molecule has 1 aromatic rings. The van der Waals surface area contributed by atoms with E-state index in [9.17, 15) is 4.79 Å². The third kappa shape index (κ3) is 4.49. The molecular formula is C19H28N2O. The average molecular weight is 300 g/mol. The zero-order chi connectivity index (χ0) is 15.4. The number of amides is 1. The topological polar surface area (TPSA) is 41.1 Å². The largest absolute Gasteiger partial charge is 0.385 e. The Kier molecular flexibility index (Phi) is 5.01. The normalized spacial score (nSPS) is 19.9. The summed E-state index contributed by atoms with van der Waals surface area (Å²) in [5, 5.41) is 6.52. The zero-order valence-corrected chi connectivity index (χ0v) is 13.6. The quantitative estimate of drug-likeness (QED) is 0.768. The molecule has 2 aliphatic rings. The first-order valence-electron chi connectivity index (χ1n) is 8.84. The molecule has 1 unspecified atom stereocenters. The van der Waals surface area contributed by atoms with Gasteiger partial charge in [0.2, 0.25) is 5.91 Å². The van der Waals surface area contributed by atoms with Crippen LogP contribution in [0.25, 0.3) is 0 Å². The fourth-order valence-corrected chi connectivity index (χ4v) is 3.48. The van der Waals surface area contributed by atoms with Crippen LogP contribution in [0.3, 0.4) is 0 Å². The first kappa shape index (κ1) is 15.4. The van der Waals surface area contributed by atoms with Gasteiger partial charge in [-0.05, 0) is 67.7 Å². The van der Waals surface area contributed by atoms with E-state index in [1.165, 1.54) is 38.5 Å². The number of hydrogen-bond acceptors (Lipinski definition) is 2. The van der Waals surface area contributed by atoms with Crippen molar-refractivity contribution in [2.24, 2.45) is 17.8 Å². The summed E-state index contributed by atoms with van der Waals surface area (Å²) in [7, 11) is 0. The SMILES string of the molecule is CC(CC(=O)Nc1ccc(NCC2CCCC2)cc1)C1CC1. The number of hydrogen-bond donors (Lipinski definition) is 2. The van der Waals surface area contributed by atoms with Crippen LogP contribution in [0.4, 0.5) is 11.4 Å². The van der Waals surface area contributed by atoms with Crippen LogP contribution in [-0.2, 0) is 4.79 Å². The van der Waals surface area contributed by atoms with Gasteiger partial charge < -0.3 is 10.6 Å². The molecule has 3 rings (SSSR count). The van der Waals surface area contributed by atoms with Crippen LogP contribution < -0.4 is 10.6 Å². The molecule has 0 aliphatic heterocycles. The van der Waals surface area contributed by atoms with Crippen LogP contribution in [0.2, 0.25) is 0 Å². The highest BCUT2D eigenvalue weighted by Gasteiger charge is 2.29. The Morgan fingerprint density at radius 2 is 1.73 bits per heavy atom. The lowest BCUT2D eigenvalue weighted by molar-refractivity contribution is -0.117. The van der Waals surface area contributed by atoms with E-state index in [1.807, 2.05) is 12.1 Å². The van der Waals surface area contributed by atoms with Crippen LogP contribution in [0.1, 0.15) is 51.9 Å². The molecule has 0 heterocycles. The molecule has 3 heteroatoms. The molecule has 120 valence electrons. The van der Waals surface area contributed by atoms with Crippen molar-refractivity contribution in [2.45, 2.75) is 51.9 Å². The number of benzene rings is 1. The van der Waals surface area contributed by atoms with Crippen molar-refractivity contribution in [3.8, 4) is 0 Å². The average Bonchev–Trinajstić information content (AvgIpc) is 3.24. The maximum absolute atomic E-state index is 12.0. The van der Waals surface area contributed by atoms with Crippen molar-refractivity contribution in [1.29, 1.82) is 0 Å².